The van der Waals surface area contributed by atoms with Gasteiger partial charge < -0.3 is 10.1 Å². The number of rotatable bonds is 8. The lowest BCUT2D eigenvalue weighted by Crippen LogP contribution is -2.42. The van der Waals surface area contributed by atoms with Gasteiger partial charge in [-0.3, -0.25) is 14.9 Å². The molecule has 3 rings (SSSR count). The molecule has 3 aromatic rings. The third-order valence-corrected chi connectivity index (χ3v) is 5.78. The normalized spacial score (nSPS) is 11.5. The molecule has 1 unspecified atom stereocenters. The van der Waals surface area contributed by atoms with Crippen LogP contribution in [0.3, 0.4) is 0 Å². The molecule has 1 atom stereocenters. The third kappa shape index (κ3) is 6.03. The predicted octanol–water partition coefficient (Wildman–Crippen LogP) is 3.45. The molecule has 0 fully saturated rings. The number of thioether (sulfide) groups is 1. The molecule has 0 aliphatic rings. The Morgan fingerprint density at radius 3 is 2.52 bits per heavy atom. The highest BCUT2D eigenvalue weighted by atomic mass is 32.2. The number of carbonyl (C=O) groups excluding carboxylic acids is 2. The Kier molecular flexibility index (Phi) is 7.20. The van der Waals surface area contributed by atoms with Crippen LogP contribution in [-0.2, 0) is 9.59 Å². The molecule has 1 aromatic heterocycles. The summed E-state index contributed by atoms with van der Waals surface area (Å²) in [5.74, 6) is 0.433. The molecule has 0 bridgehead atoms. The van der Waals surface area contributed by atoms with E-state index in [0.717, 1.165) is 16.2 Å². The van der Waals surface area contributed by atoms with Crippen LogP contribution in [0.15, 0.2) is 59.5 Å². The Morgan fingerprint density at radius 1 is 1.10 bits per heavy atom. The number of benzene rings is 2. The maximum absolute atomic E-state index is 12.3. The standard InChI is InChI=1S/C20H20N4O3S2/c1-13(21-17(25)12-28-16-6-4-3-5-7-16)18(26)22-20-24-23-19(29-20)14-8-10-15(27-2)11-9-14/h3-11,13H,12H2,1-2H3,(H,21,25)(H,22,24,26). The van der Waals surface area contributed by atoms with Gasteiger partial charge in [-0.25, -0.2) is 0 Å². The summed E-state index contributed by atoms with van der Waals surface area (Å²) >= 11 is 2.68. The number of ether oxygens (including phenoxy) is 1. The van der Waals surface area contributed by atoms with Gasteiger partial charge >= 0.3 is 0 Å². The van der Waals surface area contributed by atoms with Gasteiger partial charge in [-0.05, 0) is 43.3 Å². The molecule has 0 aliphatic carbocycles. The summed E-state index contributed by atoms with van der Waals surface area (Å²) in [5.41, 5.74) is 0.878. The van der Waals surface area contributed by atoms with Gasteiger partial charge in [-0.2, -0.15) is 0 Å². The molecule has 2 aromatic carbocycles. The summed E-state index contributed by atoms with van der Waals surface area (Å²) in [6.45, 7) is 1.63. The summed E-state index contributed by atoms with van der Waals surface area (Å²) in [6, 6.07) is 16.3. The van der Waals surface area contributed by atoms with Crippen molar-refractivity contribution >= 4 is 40.0 Å². The van der Waals surface area contributed by atoms with Crippen LogP contribution in [0, 0.1) is 0 Å². The molecule has 0 saturated carbocycles. The zero-order valence-electron chi connectivity index (χ0n) is 15.9. The van der Waals surface area contributed by atoms with Crippen LogP contribution in [0.2, 0.25) is 0 Å². The summed E-state index contributed by atoms with van der Waals surface area (Å²) in [7, 11) is 1.61. The summed E-state index contributed by atoms with van der Waals surface area (Å²) in [5, 5.41) is 14.5. The highest BCUT2D eigenvalue weighted by molar-refractivity contribution is 8.00. The number of nitrogens with zero attached hydrogens (tertiary/aromatic N) is 2. The summed E-state index contributed by atoms with van der Waals surface area (Å²) in [6.07, 6.45) is 0. The molecule has 29 heavy (non-hydrogen) atoms. The molecule has 0 aliphatic heterocycles. The van der Waals surface area contributed by atoms with Gasteiger partial charge in [0.05, 0.1) is 12.9 Å². The van der Waals surface area contributed by atoms with E-state index in [1.54, 1.807) is 14.0 Å². The monoisotopic (exact) mass is 428 g/mol. The Balaban J connectivity index is 1.50. The molecule has 7 nitrogen and oxygen atoms in total. The molecule has 1 heterocycles. The maximum Gasteiger partial charge on any atom is 0.248 e. The second-order valence-electron chi connectivity index (χ2n) is 6.02. The van der Waals surface area contributed by atoms with Gasteiger partial charge in [-0.15, -0.1) is 22.0 Å². The fraction of sp³-hybridized carbons (Fsp3) is 0.200. The van der Waals surface area contributed by atoms with Crippen LogP contribution < -0.4 is 15.4 Å². The van der Waals surface area contributed by atoms with E-state index in [1.807, 2.05) is 54.6 Å². The van der Waals surface area contributed by atoms with Crippen molar-refractivity contribution in [3.05, 3.63) is 54.6 Å². The Labute approximate surface area is 176 Å². The number of methoxy groups -OCH3 is 1. The van der Waals surface area contributed by atoms with Gasteiger partial charge in [-0.1, -0.05) is 29.5 Å². The van der Waals surface area contributed by atoms with Crippen molar-refractivity contribution in [1.82, 2.24) is 15.5 Å². The molecule has 150 valence electrons. The molecule has 2 amide bonds. The van der Waals surface area contributed by atoms with Gasteiger partial charge in [0.2, 0.25) is 16.9 Å². The number of anilines is 1. The van der Waals surface area contributed by atoms with Crippen molar-refractivity contribution in [3.8, 4) is 16.3 Å². The molecule has 0 spiro atoms. The van der Waals surface area contributed by atoms with Crippen LogP contribution in [-0.4, -0.2) is 40.9 Å². The minimum Gasteiger partial charge on any atom is -0.497 e. The van der Waals surface area contributed by atoms with E-state index in [4.69, 9.17) is 4.74 Å². The van der Waals surface area contributed by atoms with Crippen molar-refractivity contribution in [2.24, 2.45) is 0 Å². The molecule has 9 heteroatoms. The van der Waals surface area contributed by atoms with E-state index in [1.165, 1.54) is 23.1 Å². The maximum atomic E-state index is 12.3. The molecule has 0 saturated heterocycles. The Bertz CT molecular complexity index is 961. The Hall–Kier alpha value is -2.91. The highest BCUT2D eigenvalue weighted by Gasteiger charge is 2.18. The fourth-order valence-corrected chi connectivity index (χ4v) is 3.83. The van der Waals surface area contributed by atoms with Crippen LogP contribution >= 0.6 is 23.1 Å². The first-order valence-electron chi connectivity index (χ1n) is 8.81. The van der Waals surface area contributed by atoms with E-state index in [0.29, 0.717) is 10.1 Å². The van der Waals surface area contributed by atoms with Crippen molar-refractivity contribution in [2.45, 2.75) is 17.9 Å². The number of hydrogen-bond donors (Lipinski definition) is 2. The average molecular weight is 429 g/mol. The quantitative estimate of drug-likeness (QED) is 0.534. The number of aromatic nitrogens is 2. The van der Waals surface area contributed by atoms with Crippen molar-refractivity contribution in [2.75, 3.05) is 18.2 Å². The lowest BCUT2D eigenvalue weighted by Gasteiger charge is -2.12. The minimum atomic E-state index is -0.688. The van der Waals surface area contributed by atoms with E-state index >= 15 is 0 Å². The number of nitrogens with one attached hydrogen (secondary N) is 2. The molecule has 0 radical (unpaired) electrons. The SMILES string of the molecule is COc1ccc(-c2nnc(NC(=O)C(C)NC(=O)CSc3ccccc3)s2)cc1. The largest absolute Gasteiger partial charge is 0.497 e. The topological polar surface area (TPSA) is 93.2 Å². The van der Waals surface area contributed by atoms with Gasteiger partial charge in [0.15, 0.2) is 0 Å². The van der Waals surface area contributed by atoms with Crippen LogP contribution in [0.1, 0.15) is 6.92 Å². The van der Waals surface area contributed by atoms with E-state index in [-0.39, 0.29) is 17.6 Å². The Morgan fingerprint density at radius 2 is 1.83 bits per heavy atom. The van der Waals surface area contributed by atoms with E-state index in [9.17, 15) is 9.59 Å². The van der Waals surface area contributed by atoms with Gasteiger partial charge in [0, 0.05) is 10.5 Å². The predicted molar refractivity (Wildman–Crippen MR) is 115 cm³/mol. The number of hydrogen-bond acceptors (Lipinski definition) is 7. The first kappa shape index (κ1) is 20.8. The lowest BCUT2D eigenvalue weighted by molar-refractivity contribution is -0.124. The second kappa shape index (κ2) is 10.0. The summed E-state index contributed by atoms with van der Waals surface area (Å²) in [4.78, 5) is 25.4. The fourth-order valence-electron chi connectivity index (χ4n) is 2.35. The first-order valence-corrected chi connectivity index (χ1v) is 10.6. The molecule has 2 N–H and O–H groups in total. The third-order valence-electron chi connectivity index (χ3n) is 3.88. The van der Waals surface area contributed by atoms with Crippen molar-refractivity contribution in [3.63, 3.8) is 0 Å². The lowest BCUT2D eigenvalue weighted by atomic mass is 10.2. The summed E-state index contributed by atoms with van der Waals surface area (Å²) < 4.78 is 5.14. The highest BCUT2D eigenvalue weighted by Crippen LogP contribution is 2.27. The zero-order chi connectivity index (χ0) is 20.6. The zero-order valence-corrected chi connectivity index (χ0v) is 17.5. The average Bonchev–Trinajstić information content (AvgIpc) is 3.21. The second-order valence-corrected chi connectivity index (χ2v) is 8.05. The number of amides is 2. The van der Waals surface area contributed by atoms with Gasteiger partial charge in [0.1, 0.15) is 16.8 Å². The molecular weight excluding hydrogens is 408 g/mol. The number of carbonyl (C=O) groups is 2. The van der Waals surface area contributed by atoms with Crippen LogP contribution in [0.25, 0.3) is 10.6 Å². The van der Waals surface area contributed by atoms with E-state index < -0.39 is 6.04 Å². The van der Waals surface area contributed by atoms with Crippen LogP contribution in [0.4, 0.5) is 5.13 Å². The smallest absolute Gasteiger partial charge is 0.248 e. The van der Waals surface area contributed by atoms with Crippen molar-refractivity contribution < 1.29 is 14.3 Å². The minimum absolute atomic E-state index is 0.210. The van der Waals surface area contributed by atoms with Crippen molar-refractivity contribution in [1.29, 1.82) is 0 Å². The first-order chi connectivity index (χ1) is 14.0. The van der Waals surface area contributed by atoms with E-state index in [2.05, 4.69) is 20.8 Å². The van der Waals surface area contributed by atoms with Gasteiger partial charge in [0.25, 0.3) is 0 Å². The molecular formula is C20H20N4O3S2. The van der Waals surface area contributed by atoms with Crippen LogP contribution in [0.5, 0.6) is 5.75 Å².